The van der Waals surface area contributed by atoms with E-state index < -0.39 is 0 Å². The van der Waals surface area contributed by atoms with Crippen LogP contribution >= 0.6 is 0 Å². The molecule has 0 aromatic rings. The van der Waals surface area contributed by atoms with E-state index in [1.165, 1.54) is 0 Å². The van der Waals surface area contributed by atoms with Crippen LogP contribution in [0.1, 0.15) is 33.1 Å². The molecule has 0 spiro atoms. The highest BCUT2D eigenvalue weighted by molar-refractivity contribution is 5.81. The molecule has 0 rings (SSSR count). The van der Waals surface area contributed by atoms with Gasteiger partial charge in [0, 0.05) is 13.2 Å². The van der Waals surface area contributed by atoms with Crippen LogP contribution in [0.3, 0.4) is 0 Å². The fraction of sp³-hybridized carbons (Fsp3) is 0.917. The molecule has 96 valence electrons. The third-order valence-corrected chi connectivity index (χ3v) is 2.73. The second kappa shape index (κ2) is 8.53. The van der Waals surface area contributed by atoms with Crippen molar-refractivity contribution >= 4 is 5.91 Å². The summed E-state index contributed by atoms with van der Waals surface area (Å²) in [4.78, 5) is 13.8. The summed E-state index contributed by atoms with van der Waals surface area (Å²) in [5, 5.41) is 11.7. The zero-order valence-electron chi connectivity index (χ0n) is 11.0. The van der Waals surface area contributed by atoms with Crippen molar-refractivity contribution in [1.29, 1.82) is 0 Å². The van der Waals surface area contributed by atoms with Gasteiger partial charge in [-0.1, -0.05) is 20.3 Å². The topological polar surface area (TPSA) is 52.6 Å². The lowest BCUT2D eigenvalue weighted by Gasteiger charge is -2.23. The van der Waals surface area contributed by atoms with Gasteiger partial charge in [-0.25, -0.2) is 0 Å². The molecule has 2 N–H and O–H groups in total. The Labute approximate surface area is 99.0 Å². The van der Waals surface area contributed by atoms with Gasteiger partial charge in [-0.05, 0) is 32.9 Å². The van der Waals surface area contributed by atoms with Crippen LogP contribution in [0.25, 0.3) is 0 Å². The van der Waals surface area contributed by atoms with E-state index in [-0.39, 0.29) is 18.6 Å². The first-order valence-electron chi connectivity index (χ1n) is 6.07. The number of nitrogens with zero attached hydrogens (tertiary/aromatic N) is 1. The quantitative estimate of drug-likeness (QED) is 0.650. The van der Waals surface area contributed by atoms with Crippen LogP contribution in [-0.2, 0) is 4.79 Å². The summed E-state index contributed by atoms with van der Waals surface area (Å²) in [5.74, 6) is 0.426. The third-order valence-electron chi connectivity index (χ3n) is 2.73. The van der Waals surface area contributed by atoms with Gasteiger partial charge in [-0.2, -0.15) is 0 Å². The average Bonchev–Trinajstić information content (AvgIpc) is 2.22. The molecular weight excluding hydrogens is 204 g/mol. The van der Waals surface area contributed by atoms with E-state index in [0.29, 0.717) is 12.5 Å². The predicted octanol–water partition coefficient (Wildman–Crippen LogP) is 0.851. The Kier molecular flexibility index (Phi) is 8.21. The molecule has 0 aliphatic rings. The summed E-state index contributed by atoms with van der Waals surface area (Å²) < 4.78 is 0. The van der Waals surface area contributed by atoms with E-state index in [9.17, 15) is 4.79 Å². The molecule has 16 heavy (non-hydrogen) atoms. The van der Waals surface area contributed by atoms with Crippen molar-refractivity contribution in [3.63, 3.8) is 0 Å². The van der Waals surface area contributed by atoms with Crippen LogP contribution in [0.2, 0.25) is 0 Å². The molecule has 0 fully saturated rings. The molecule has 0 aromatic carbocycles. The van der Waals surface area contributed by atoms with Crippen molar-refractivity contribution in [3.8, 4) is 0 Å². The Balaban J connectivity index is 4.00. The number of aliphatic hydroxyl groups is 1. The zero-order valence-corrected chi connectivity index (χ0v) is 11.0. The van der Waals surface area contributed by atoms with Gasteiger partial charge in [-0.3, -0.25) is 9.69 Å². The van der Waals surface area contributed by atoms with Crippen LogP contribution in [0, 0.1) is 5.92 Å². The van der Waals surface area contributed by atoms with Gasteiger partial charge in [0.25, 0.3) is 0 Å². The molecule has 0 aliphatic carbocycles. The third kappa shape index (κ3) is 6.08. The predicted molar refractivity (Wildman–Crippen MR) is 66.3 cm³/mol. The molecular formula is C12H26N2O2. The van der Waals surface area contributed by atoms with Crippen LogP contribution in [0.15, 0.2) is 0 Å². The molecule has 2 atom stereocenters. The van der Waals surface area contributed by atoms with E-state index in [0.717, 1.165) is 19.3 Å². The minimum absolute atomic E-state index is 0.0358. The number of likely N-dealkylation sites (N-methyl/N-ethyl adjacent to an activating group) is 1. The van der Waals surface area contributed by atoms with Crippen molar-refractivity contribution < 1.29 is 9.90 Å². The second-order valence-corrected chi connectivity index (χ2v) is 4.63. The van der Waals surface area contributed by atoms with E-state index in [4.69, 9.17) is 5.11 Å². The standard InChI is InChI=1S/C12H26N2O2/c1-5-6-11(14(3)4)12(16)13-9-10(2)7-8-15/h10-11,15H,5-9H2,1-4H3,(H,13,16). The Hall–Kier alpha value is -0.610. The van der Waals surface area contributed by atoms with Crippen LogP contribution in [-0.4, -0.2) is 49.2 Å². The number of nitrogens with one attached hydrogen (secondary N) is 1. The lowest BCUT2D eigenvalue weighted by atomic mass is 10.1. The number of aliphatic hydroxyl groups excluding tert-OH is 1. The van der Waals surface area contributed by atoms with E-state index in [2.05, 4.69) is 12.2 Å². The molecule has 0 aliphatic heterocycles. The first kappa shape index (κ1) is 15.4. The lowest BCUT2D eigenvalue weighted by Crippen LogP contribution is -2.44. The summed E-state index contributed by atoms with van der Waals surface area (Å²) in [5.41, 5.74) is 0. The fourth-order valence-electron chi connectivity index (χ4n) is 1.61. The lowest BCUT2D eigenvalue weighted by molar-refractivity contribution is -0.126. The molecule has 4 nitrogen and oxygen atoms in total. The van der Waals surface area contributed by atoms with Gasteiger partial charge in [0.05, 0.1) is 6.04 Å². The van der Waals surface area contributed by atoms with Gasteiger partial charge in [0.15, 0.2) is 0 Å². The Morgan fingerprint density at radius 2 is 2.00 bits per heavy atom. The molecule has 0 aromatic heterocycles. The molecule has 4 heteroatoms. The largest absolute Gasteiger partial charge is 0.396 e. The number of hydrogen-bond acceptors (Lipinski definition) is 3. The summed E-state index contributed by atoms with van der Waals surface area (Å²) >= 11 is 0. The molecule has 0 saturated carbocycles. The van der Waals surface area contributed by atoms with Gasteiger partial charge in [0.1, 0.15) is 0 Å². The summed E-state index contributed by atoms with van der Waals surface area (Å²) in [6.45, 7) is 4.94. The maximum Gasteiger partial charge on any atom is 0.237 e. The van der Waals surface area contributed by atoms with Crippen molar-refractivity contribution in [2.45, 2.75) is 39.2 Å². The Morgan fingerprint density at radius 1 is 1.38 bits per heavy atom. The first-order chi connectivity index (χ1) is 7.52. The highest BCUT2D eigenvalue weighted by Gasteiger charge is 2.19. The van der Waals surface area contributed by atoms with E-state index >= 15 is 0 Å². The van der Waals surface area contributed by atoms with E-state index in [1.807, 2.05) is 25.9 Å². The van der Waals surface area contributed by atoms with Crippen molar-refractivity contribution in [3.05, 3.63) is 0 Å². The number of carbonyl (C=O) groups is 1. The van der Waals surface area contributed by atoms with Gasteiger partial charge in [0.2, 0.25) is 5.91 Å². The van der Waals surface area contributed by atoms with Crippen LogP contribution in [0.4, 0.5) is 0 Å². The molecule has 0 heterocycles. The number of carbonyl (C=O) groups excluding carboxylic acids is 1. The minimum atomic E-state index is -0.0358. The Bertz CT molecular complexity index is 195. The van der Waals surface area contributed by atoms with Crippen molar-refractivity contribution in [1.82, 2.24) is 10.2 Å². The highest BCUT2D eigenvalue weighted by atomic mass is 16.3. The van der Waals surface area contributed by atoms with E-state index in [1.54, 1.807) is 0 Å². The number of amides is 1. The maximum absolute atomic E-state index is 11.9. The molecule has 0 bridgehead atoms. The van der Waals surface area contributed by atoms with Crippen LogP contribution in [0.5, 0.6) is 0 Å². The monoisotopic (exact) mass is 230 g/mol. The second-order valence-electron chi connectivity index (χ2n) is 4.63. The van der Waals surface area contributed by atoms with Crippen molar-refractivity contribution in [2.24, 2.45) is 5.92 Å². The highest BCUT2D eigenvalue weighted by Crippen LogP contribution is 2.04. The van der Waals surface area contributed by atoms with Crippen LogP contribution < -0.4 is 5.32 Å². The summed E-state index contributed by atoms with van der Waals surface area (Å²) in [7, 11) is 3.86. The smallest absolute Gasteiger partial charge is 0.237 e. The molecule has 1 amide bonds. The Morgan fingerprint density at radius 3 is 2.44 bits per heavy atom. The SMILES string of the molecule is CCCC(C(=O)NCC(C)CCO)N(C)C. The van der Waals surface area contributed by atoms with Gasteiger partial charge < -0.3 is 10.4 Å². The van der Waals surface area contributed by atoms with Gasteiger partial charge >= 0.3 is 0 Å². The summed E-state index contributed by atoms with van der Waals surface area (Å²) in [6, 6.07) is -0.0358. The number of rotatable bonds is 8. The first-order valence-corrected chi connectivity index (χ1v) is 6.07. The number of hydrogen-bond donors (Lipinski definition) is 2. The van der Waals surface area contributed by atoms with Gasteiger partial charge in [-0.15, -0.1) is 0 Å². The normalized spacial score (nSPS) is 14.9. The molecule has 0 saturated heterocycles. The zero-order chi connectivity index (χ0) is 12.6. The summed E-state index contributed by atoms with van der Waals surface area (Å²) in [6.07, 6.45) is 2.62. The molecule has 0 radical (unpaired) electrons. The maximum atomic E-state index is 11.9. The molecule has 2 unspecified atom stereocenters. The minimum Gasteiger partial charge on any atom is -0.396 e. The average molecular weight is 230 g/mol. The van der Waals surface area contributed by atoms with Crippen molar-refractivity contribution in [2.75, 3.05) is 27.2 Å². The fourth-order valence-corrected chi connectivity index (χ4v) is 1.61.